The quantitative estimate of drug-likeness (QED) is 0.629. The molecule has 2 amide bonds. The van der Waals surface area contributed by atoms with Crippen LogP contribution in [0.15, 0.2) is 54.2 Å². The third-order valence-corrected chi connectivity index (χ3v) is 5.89. The van der Waals surface area contributed by atoms with Crippen LogP contribution in [0, 0.1) is 5.82 Å². The summed E-state index contributed by atoms with van der Waals surface area (Å²) in [5.41, 5.74) is 1.11. The van der Waals surface area contributed by atoms with E-state index in [2.05, 4.69) is 19.9 Å². The molecular weight excluding hydrogens is 417 g/mol. The monoisotopic (exact) mass is 439 g/mol. The van der Waals surface area contributed by atoms with Gasteiger partial charge >= 0.3 is 0 Å². The van der Waals surface area contributed by atoms with E-state index in [-0.39, 0.29) is 17.6 Å². The predicted octanol–water partition coefficient (Wildman–Crippen LogP) is 3.91. The Hall–Kier alpha value is -3.20. The van der Waals surface area contributed by atoms with Gasteiger partial charge in [0.15, 0.2) is 5.69 Å². The summed E-state index contributed by atoms with van der Waals surface area (Å²) in [4.78, 5) is 32.4. The average Bonchev–Trinajstić information content (AvgIpc) is 3.34. The first-order valence-electron chi connectivity index (χ1n) is 10.2. The van der Waals surface area contributed by atoms with Crippen LogP contribution in [0.3, 0.4) is 0 Å². The first-order valence-corrected chi connectivity index (χ1v) is 11.0. The van der Waals surface area contributed by atoms with Gasteiger partial charge in [0, 0.05) is 29.5 Å². The van der Waals surface area contributed by atoms with E-state index in [1.807, 2.05) is 0 Å². The van der Waals surface area contributed by atoms with Crippen LogP contribution in [0.5, 0.6) is 0 Å². The summed E-state index contributed by atoms with van der Waals surface area (Å²) in [6.07, 6.45) is 8.27. The minimum Gasteiger partial charge on any atom is -0.351 e. The molecule has 160 valence electrons. The van der Waals surface area contributed by atoms with Crippen LogP contribution in [0.25, 0.3) is 0 Å². The molecule has 1 N–H and O–H groups in total. The highest BCUT2D eigenvalue weighted by Crippen LogP contribution is 2.30. The molecule has 1 aliphatic carbocycles. The number of hydrogen-bond donors (Lipinski definition) is 1. The van der Waals surface area contributed by atoms with Gasteiger partial charge in [-0.15, -0.1) is 5.10 Å². The summed E-state index contributed by atoms with van der Waals surface area (Å²) in [6, 6.07) is 7.99. The van der Waals surface area contributed by atoms with Crippen LogP contribution in [0.4, 0.5) is 10.1 Å². The number of hydrogen-bond acceptors (Lipinski definition) is 6. The molecule has 4 rings (SSSR count). The molecule has 2 heterocycles. The Kier molecular flexibility index (Phi) is 6.61. The molecule has 1 fully saturated rings. The van der Waals surface area contributed by atoms with Gasteiger partial charge in [-0.3, -0.25) is 19.5 Å². The molecular formula is C22H22FN5O2S. The molecule has 2 aromatic heterocycles. The van der Waals surface area contributed by atoms with Gasteiger partial charge in [-0.05, 0) is 66.3 Å². The van der Waals surface area contributed by atoms with Crippen LogP contribution in [0.2, 0.25) is 0 Å². The molecule has 7 nitrogen and oxygen atoms in total. The summed E-state index contributed by atoms with van der Waals surface area (Å²) < 4.78 is 17.4. The SMILES string of the molecule is O=C(NC1CCCCC1)[C@@H](c1ccncc1)N(C(=O)c1csnn1)c1ccc(F)cc1. The number of benzene rings is 1. The second-order valence-electron chi connectivity index (χ2n) is 7.47. The highest BCUT2D eigenvalue weighted by molar-refractivity contribution is 7.03. The van der Waals surface area contributed by atoms with Crippen LogP contribution >= 0.6 is 11.5 Å². The van der Waals surface area contributed by atoms with Crippen molar-refractivity contribution in [1.29, 1.82) is 0 Å². The minimum atomic E-state index is -0.968. The zero-order valence-electron chi connectivity index (χ0n) is 16.8. The van der Waals surface area contributed by atoms with E-state index in [1.165, 1.54) is 34.5 Å². The Balaban J connectivity index is 1.76. The summed E-state index contributed by atoms with van der Waals surface area (Å²) in [5.74, 6) is -1.21. The lowest BCUT2D eigenvalue weighted by molar-refractivity contribution is -0.123. The number of amides is 2. The topological polar surface area (TPSA) is 88.1 Å². The van der Waals surface area contributed by atoms with Crippen molar-refractivity contribution in [2.75, 3.05) is 4.90 Å². The van der Waals surface area contributed by atoms with Gasteiger partial charge in [-0.25, -0.2) is 4.39 Å². The molecule has 1 aromatic carbocycles. The van der Waals surface area contributed by atoms with Crippen molar-refractivity contribution in [2.45, 2.75) is 44.2 Å². The third kappa shape index (κ3) is 4.93. The minimum absolute atomic E-state index is 0.0664. The number of anilines is 1. The highest BCUT2D eigenvalue weighted by Gasteiger charge is 2.35. The number of aromatic nitrogens is 3. The molecule has 0 bridgehead atoms. The molecule has 3 aromatic rings. The lowest BCUT2D eigenvalue weighted by Crippen LogP contribution is -2.47. The maximum absolute atomic E-state index is 13.6. The molecule has 0 radical (unpaired) electrons. The predicted molar refractivity (Wildman–Crippen MR) is 115 cm³/mol. The Labute approximate surface area is 183 Å². The average molecular weight is 440 g/mol. The van der Waals surface area contributed by atoms with Crippen molar-refractivity contribution in [1.82, 2.24) is 19.9 Å². The van der Waals surface area contributed by atoms with Gasteiger partial charge in [0.05, 0.1) is 0 Å². The summed E-state index contributed by atoms with van der Waals surface area (Å²) in [7, 11) is 0. The van der Waals surface area contributed by atoms with Crippen LogP contribution in [-0.2, 0) is 4.79 Å². The molecule has 1 saturated carbocycles. The maximum atomic E-state index is 13.6. The zero-order valence-corrected chi connectivity index (χ0v) is 17.6. The molecule has 0 unspecified atom stereocenters. The van der Waals surface area contributed by atoms with Crippen LogP contribution in [-0.4, -0.2) is 32.4 Å². The van der Waals surface area contributed by atoms with E-state index >= 15 is 0 Å². The lowest BCUT2D eigenvalue weighted by Gasteiger charge is -2.33. The Morgan fingerprint density at radius 3 is 2.42 bits per heavy atom. The number of halogens is 1. The maximum Gasteiger partial charge on any atom is 0.280 e. The lowest BCUT2D eigenvalue weighted by atomic mass is 9.94. The van der Waals surface area contributed by atoms with Gasteiger partial charge < -0.3 is 5.32 Å². The van der Waals surface area contributed by atoms with Crippen LogP contribution in [0.1, 0.15) is 54.2 Å². The Morgan fingerprint density at radius 2 is 1.77 bits per heavy atom. The fourth-order valence-corrected chi connectivity index (χ4v) is 4.29. The number of carbonyl (C=O) groups excluding carboxylic acids is 2. The van der Waals surface area contributed by atoms with E-state index in [1.54, 1.807) is 24.5 Å². The summed E-state index contributed by atoms with van der Waals surface area (Å²) in [5, 5.41) is 8.54. The number of rotatable bonds is 6. The normalized spacial score (nSPS) is 15.3. The molecule has 1 aliphatic rings. The number of carbonyl (C=O) groups is 2. The van der Waals surface area contributed by atoms with Crippen LogP contribution < -0.4 is 10.2 Å². The number of nitrogens with one attached hydrogen (secondary N) is 1. The van der Waals surface area contributed by atoms with Gasteiger partial charge in [0.2, 0.25) is 5.91 Å². The molecule has 0 saturated heterocycles. The van der Waals surface area contributed by atoms with Gasteiger partial charge in [0.25, 0.3) is 5.91 Å². The van der Waals surface area contributed by atoms with E-state index in [0.29, 0.717) is 11.3 Å². The van der Waals surface area contributed by atoms with Gasteiger partial charge in [-0.1, -0.05) is 23.8 Å². The van der Waals surface area contributed by atoms with E-state index in [0.717, 1.165) is 43.6 Å². The molecule has 0 spiro atoms. The smallest absolute Gasteiger partial charge is 0.280 e. The fraction of sp³-hybridized carbons (Fsp3) is 0.318. The third-order valence-electron chi connectivity index (χ3n) is 5.38. The van der Waals surface area contributed by atoms with Crippen molar-refractivity contribution in [3.05, 3.63) is 71.2 Å². The number of pyridine rings is 1. The highest BCUT2D eigenvalue weighted by atomic mass is 32.1. The largest absolute Gasteiger partial charge is 0.351 e. The van der Waals surface area contributed by atoms with Crippen molar-refractivity contribution in [2.24, 2.45) is 0 Å². The Bertz CT molecular complexity index is 1010. The summed E-state index contributed by atoms with van der Waals surface area (Å²) >= 11 is 1.05. The van der Waals surface area contributed by atoms with Crippen molar-refractivity contribution in [3.8, 4) is 0 Å². The van der Waals surface area contributed by atoms with E-state index < -0.39 is 17.8 Å². The van der Waals surface area contributed by atoms with Crippen molar-refractivity contribution >= 4 is 29.0 Å². The van der Waals surface area contributed by atoms with Gasteiger partial charge in [-0.2, -0.15) is 0 Å². The second kappa shape index (κ2) is 9.74. The van der Waals surface area contributed by atoms with Gasteiger partial charge in [0.1, 0.15) is 11.9 Å². The van der Waals surface area contributed by atoms with Crippen molar-refractivity contribution < 1.29 is 14.0 Å². The molecule has 9 heteroatoms. The molecule has 0 aliphatic heterocycles. The first kappa shape index (κ1) is 21.0. The van der Waals surface area contributed by atoms with Crippen molar-refractivity contribution in [3.63, 3.8) is 0 Å². The standard InChI is InChI=1S/C22H22FN5O2S/c23-16-6-8-18(9-7-16)28(22(30)19-14-31-27-26-19)20(15-10-12-24-13-11-15)21(29)25-17-4-2-1-3-5-17/h6-14,17,20H,1-5H2,(H,25,29)/t20-/m1/s1. The van der Waals surface area contributed by atoms with E-state index in [9.17, 15) is 14.0 Å². The Morgan fingerprint density at radius 1 is 1.06 bits per heavy atom. The zero-order chi connectivity index (χ0) is 21.6. The second-order valence-corrected chi connectivity index (χ2v) is 8.08. The molecule has 31 heavy (non-hydrogen) atoms. The first-order chi connectivity index (χ1) is 15.1. The summed E-state index contributed by atoms with van der Waals surface area (Å²) in [6.45, 7) is 0. The molecule has 1 atom stereocenters. The fourth-order valence-electron chi connectivity index (χ4n) is 3.86. The van der Waals surface area contributed by atoms with E-state index in [4.69, 9.17) is 0 Å². The number of nitrogens with zero attached hydrogens (tertiary/aromatic N) is 4.